The Balaban J connectivity index is 0.00000162. The fourth-order valence-corrected chi connectivity index (χ4v) is 1.84. The van der Waals surface area contributed by atoms with Gasteiger partial charge < -0.3 is 15.4 Å². The van der Waals surface area contributed by atoms with E-state index in [4.69, 9.17) is 4.74 Å². The van der Waals surface area contributed by atoms with Crippen LogP contribution in [0.2, 0.25) is 0 Å². The molecule has 1 unspecified atom stereocenters. The molecule has 0 aromatic heterocycles. The van der Waals surface area contributed by atoms with Crippen molar-refractivity contribution >= 4 is 24.0 Å². The first-order chi connectivity index (χ1) is 8.18. The monoisotopic (exact) mass is 270 g/mol. The molecule has 4 nitrogen and oxygen atoms in total. The van der Waals surface area contributed by atoms with Gasteiger partial charge in [0, 0.05) is 12.2 Å². The van der Waals surface area contributed by atoms with Gasteiger partial charge in [0.1, 0.15) is 6.04 Å². The minimum Gasteiger partial charge on any atom is -0.378 e. The van der Waals surface area contributed by atoms with Gasteiger partial charge in [0.15, 0.2) is 0 Å². The summed E-state index contributed by atoms with van der Waals surface area (Å²) in [5.41, 5.74) is 3.16. The van der Waals surface area contributed by atoms with Crippen LogP contribution >= 0.6 is 12.4 Å². The Morgan fingerprint density at radius 1 is 1.44 bits per heavy atom. The molecule has 2 rings (SSSR count). The highest BCUT2D eigenvalue weighted by molar-refractivity contribution is 5.95. The van der Waals surface area contributed by atoms with E-state index in [1.807, 2.05) is 32.0 Å². The van der Waals surface area contributed by atoms with Gasteiger partial charge in [-0.1, -0.05) is 12.1 Å². The van der Waals surface area contributed by atoms with Gasteiger partial charge >= 0.3 is 0 Å². The van der Waals surface area contributed by atoms with Crippen molar-refractivity contribution in [2.45, 2.75) is 19.9 Å². The van der Waals surface area contributed by atoms with Crippen molar-refractivity contribution in [2.24, 2.45) is 0 Å². The maximum Gasteiger partial charge on any atom is 0.243 e. The summed E-state index contributed by atoms with van der Waals surface area (Å²) in [5, 5.41) is 6.08. The summed E-state index contributed by atoms with van der Waals surface area (Å²) < 4.78 is 5.27. The smallest absolute Gasteiger partial charge is 0.243 e. The molecule has 0 radical (unpaired) electrons. The average molecular weight is 271 g/mol. The third-order valence-electron chi connectivity index (χ3n) is 3.10. The quantitative estimate of drug-likeness (QED) is 0.859. The van der Waals surface area contributed by atoms with Crippen LogP contribution in [0.15, 0.2) is 18.2 Å². The van der Waals surface area contributed by atoms with E-state index in [2.05, 4.69) is 10.6 Å². The zero-order valence-corrected chi connectivity index (χ0v) is 11.5. The number of anilines is 1. The van der Waals surface area contributed by atoms with Crippen LogP contribution < -0.4 is 10.6 Å². The summed E-state index contributed by atoms with van der Waals surface area (Å²) in [6.07, 6.45) is 0. The molecule has 0 spiro atoms. The van der Waals surface area contributed by atoms with E-state index in [9.17, 15) is 4.79 Å². The third-order valence-corrected chi connectivity index (χ3v) is 3.10. The summed E-state index contributed by atoms with van der Waals surface area (Å²) in [6, 6.07) is 5.66. The van der Waals surface area contributed by atoms with Crippen molar-refractivity contribution in [3.8, 4) is 0 Å². The van der Waals surface area contributed by atoms with Crippen LogP contribution in [0.5, 0.6) is 0 Å². The minimum atomic E-state index is -0.247. The second-order valence-electron chi connectivity index (χ2n) is 4.32. The summed E-state index contributed by atoms with van der Waals surface area (Å²) in [4.78, 5) is 12.0. The fourth-order valence-electron chi connectivity index (χ4n) is 1.84. The first-order valence-corrected chi connectivity index (χ1v) is 5.86. The van der Waals surface area contributed by atoms with Crippen LogP contribution in [0.4, 0.5) is 5.69 Å². The molecule has 1 atom stereocenters. The number of ether oxygens (including phenoxy) is 1. The number of morpholine rings is 1. The van der Waals surface area contributed by atoms with Crippen LogP contribution in [0.1, 0.15) is 11.1 Å². The first-order valence-electron chi connectivity index (χ1n) is 5.86. The Hall–Kier alpha value is -1.10. The van der Waals surface area contributed by atoms with Gasteiger partial charge in [-0.15, -0.1) is 12.4 Å². The van der Waals surface area contributed by atoms with Crippen molar-refractivity contribution in [1.82, 2.24) is 5.32 Å². The Kier molecular flexibility index (Phi) is 5.59. The van der Waals surface area contributed by atoms with Crippen LogP contribution in [0.25, 0.3) is 0 Å². The molecule has 0 aliphatic carbocycles. The molecule has 1 heterocycles. The normalized spacial score (nSPS) is 18.9. The molecular formula is C13H19ClN2O2. The van der Waals surface area contributed by atoms with E-state index >= 15 is 0 Å². The van der Waals surface area contributed by atoms with Gasteiger partial charge in [0.05, 0.1) is 13.2 Å². The number of carbonyl (C=O) groups excluding carboxylic acids is 1. The van der Waals surface area contributed by atoms with E-state index in [1.165, 1.54) is 5.56 Å². The second-order valence-corrected chi connectivity index (χ2v) is 4.32. The van der Waals surface area contributed by atoms with Gasteiger partial charge in [-0.3, -0.25) is 4.79 Å². The van der Waals surface area contributed by atoms with Crippen molar-refractivity contribution < 1.29 is 9.53 Å². The van der Waals surface area contributed by atoms with Gasteiger partial charge in [0.25, 0.3) is 0 Å². The van der Waals surface area contributed by atoms with Gasteiger partial charge in [-0.2, -0.15) is 0 Å². The molecule has 1 aliphatic rings. The molecule has 5 heteroatoms. The average Bonchev–Trinajstić information content (AvgIpc) is 2.36. The van der Waals surface area contributed by atoms with Crippen molar-refractivity contribution in [2.75, 3.05) is 25.1 Å². The highest BCUT2D eigenvalue weighted by atomic mass is 35.5. The highest BCUT2D eigenvalue weighted by Gasteiger charge is 2.21. The van der Waals surface area contributed by atoms with Gasteiger partial charge in [0.2, 0.25) is 5.91 Å². The zero-order chi connectivity index (χ0) is 12.3. The first kappa shape index (κ1) is 15.0. The van der Waals surface area contributed by atoms with E-state index in [1.54, 1.807) is 0 Å². The lowest BCUT2D eigenvalue weighted by atomic mass is 10.1. The lowest BCUT2D eigenvalue weighted by Gasteiger charge is -2.23. The highest BCUT2D eigenvalue weighted by Crippen LogP contribution is 2.18. The number of amides is 1. The largest absolute Gasteiger partial charge is 0.378 e. The maximum atomic E-state index is 12.0. The predicted octanol–water partition coefficient (Wildman–Crippen LogP) is 1.65. The topological polar surface area (TPSA) is 50.4 Å². The second kappa shape index (κ2) is 6.73. The molecule has 100 valence electrons. The molecular weight excluding hydrogens is 252 g/mol. The number of hydrogen-bond donors (Lipinski definition) is 2. The number of carbonyl (C=O) groups is 1. The van der Waals surface area contributed by atoms with Crippen molar-refractivity contribution in [1.29, 1.82) is 0 Å². The Bertz CT molecular complexity index is 417. The molecule has 1 saturated heterocycles. The molecule has 1 aliphatic heterocycles. The lowest BCUT2D eigenvalue weighted by Crippen LogP contribution is -2.48. The number of rotatable bonds is 2. The number of nitrogens with one attached hydrogen (secondary N) is 2. The molecule has 1 amide bonds. The molecule has 0 saturated carbocycles. The van der Waals surface area contributed by atoms with E-state index in [0.29, 0.717) is 13.2 Å². The van der Waals surface area contributed by atoms with Crippen LogP contribution in [0.3, 0.4) is 0 Å². The van der Waals surface area contributed by atoms with E-state index in [-0.39, 0.29) is 24.4 Å². The molecule has 1 aromatic rings. The third kappa shape index (κ3) is 3.45. The summed E-state index contributed by atoms with van der Waals surface area (Å²) in [6.45, 7) is 5.89. The molecule has 1 aromatic carbocycles. The number of benzene rings is 1. The van der Waals surface area contributed by atoms with Crippen LogP contribution in [-0.2, 0) is 9.53 Å². The molecule has 2 N–H and O–H groups in total. The summed E-state index contributed by atoms with van der Waals surface area (Å²) in [5.74, 6) is -0.0293. The van der Waals surface area contributed by atoms with Crippen LogP contribution in [0, 0.1) is 13.8 Å². The van der Waals surface area contributed by atoms with Gasteiger partial charge in [-0.25, -0.2) is 0 Å². The number of hydrogen-bond acceptors (Lipinski definition) is 3. The molecule has 18 heavy (non-hydrogen) atoms. The summed E-state index contributed by atoms with van der Waals surface area (Å²) in [7, 11) is 0. The summed E-state index contributed by atoms with van der Waals surface area (Å²) >= 11 is 0. The molecule has 1 fully saturated rings. The Morgan fingerprint density at radius 3 is 2.89 bits per heavy atom. The standard InChI is InChI=1S/C13H18N2O2.ClH/c1-9-4-3-5-11(10(9)2)15-13(16)12-8-17-7-6-14-12;/h3-5,12,14H,6-8H2,1-2H3,(H,15,16);1H. The number of aryl methyl sites for hydroxylation is 1. The zero-order valence-electron chi connectivity index (χ0n) is 10.7. The SMILES string of the molecule is Cc1cccc(NC(=O)C2COCCN2)c1C.Cl. The van der Waals surface area contributed by atoms with Crippen LogP contribution in [-0.4, -0.2) is 31.7 Å². The van der Waals surface area contributed by atoms with E-state index in [0.717, 1.165) is 17.8 Å². The number of halogens is 1. The van der Waals surface area contributed by atoms with Crippen molar-refractivity contribution in [3.05, 3.63) is 29.3 Å². The van der Waals surface area contributed by atoms with Gasteiger partial charge in [-0.05, 0) is 31.0 Å². The van der Waals surface area contributed by atoms with Crippen molar-refractivity contribution in [3.63, 3.8) is 0 Å². The Morgan fingerprint density at radius 2 is 2.22 bits per heavy atom. The van der Waals surface area contributed by atoms with E-state index < -0.39 is 0 Å². The lowest BCUT2D eigenvalue weighted by molar-refractivity contribution is -0.120. The molecule has 0 bridgehead atoms. The minimum absolute atomic E-state index is 0. The maximum absolute atomic E-state index is 12.0. The fraction of sp³-hybridized carbons (Fsp3) is 0.462. The Labute approximate surface area is 114 Å². The predicted molar refractivity (Wildman–Crippen MR) is 74.4 cm³/mol.